The second kappa shape index (κ2) is 7.98. The highest BCUT2D eigenvalue weighted by molar-refractivity contribution is 5.68. The summed E-state index contributed by atoms with van der Waals surface area (Å²) in [5.41, 5.74) is 6.99. The summed E-state index contributed by atoms with van der Waals surface area (Å²) in [6.45, 7) is 9.02. The highest BCUT2D eigenvalue weighted by Crippen LogP contribution is 2.29. The van der Waals surface area contributed by atoms with Crippen LogP contribution in [0.1, 0.15) is 47.0 Å². The summed E-state index contributed by atoms with van der Waals surface area (Å²) >= 11 is 0. The van der Waals surface area contributed by atoms with Gasteiger partial charge in [0.2, 0.25) is 0 Å². The third-order valence-corrected chi connectivity index (χ3v) is 2.99. The molecular weight excluding hydrogens is 255 g/mol. The van der Waals surface area contributed by atoms with Crippen LogP contribution in [-0.4, -0.2) is 12.6 Å². The van der Waals surface area contributed by atoms with Crippen LogP contribution < -0.4 is 15.8 Å². The maximum Gasteiger partial charge on any atom is 0.167 e. The number of rotatable bonds is 8. The number of halogens is 1. The molecule has 0 unspecified atom stereocenters. The Labute approximate surface area is 121 Å². The molecule has 3 nitrogen and oxygen atoms in total. The molecule has 0 radical (unpaired) electrons. The van der Waals surface area contributed by atoms with Gasteiger partial charge in [0, 0.05) is 18.7 Å². The van der Waals surface area contributed by atoms with E-state index in [2.05, 4.69) is 19.2 Å². The van der Waals surface area contributed by atoms with Crippen LogP contribution in [0, 0.1) is 11.7 Å². The van der Waals surface area contributed by atoms with Gasteiger partial charge in [0.05, 0.1) is 17.5 Å². The molecule has 0 spiro atoms. The van der Waals surface area contributed by atoms with E-state index >= 15 is 0 Å². The number of ether oxygens (including phenoxy) is 1. The molecule has 0 atom stereocenters. The minimum atomic E-state index is -0.415. The molecule has 1 aromatic rings. The first-order valence-electron chi connectivity index (χ1n) is 7.39. The van der Waals surface area contributed by atoms with Crippen LogP contribution in [0.2, 0.25) is 0 Å². The van der Waals surface area contributed by atoms with Crippen molar-refractivity contribution >= 4 is 11.4 Å². The van der Waals surface area contributed by atoms with E-state index in [1.165, 1.54) is 18.9 Å². The Hall–Kier alpha value is -1.45. The van der Waals surface area contributed by atoms with Crippen LogP contribution in [0.4, 0.5) is 15.8 Å². The van der Waals surface area contributed by atoms with Crippen LogP contribution in [0.5, 0.6) is 5.75 Å². The van der Waals surface area contributed by atoms with Gasteiger partial charge >= 0.3 is 0 Å². The first-order valence-corrected chi connectivity index (χ1v) is 7.39. The first kappa shape index (κ1) is 16.6. The molecule has 0 heterocycles. The van der Waals surface area contributed by atoms with E-state index in [4.69, 9.17) is 10.5 Å². The second-order valence-electron chi connectivity index (χ2n) is 5.85. The van der Waals surface area contributed by atoms with E-state index in [9.17, 15) is 4.39 Å². The minimum absolute atomic E-state index is 0.0629. The fourth-order valence-corrected chi connectivity index (χ4v) is 1.97. The van der Waals surface area contributed by atoms with E-state index < -0.39 is 5.82 Å². The van der Waals surface area contributed by atoms with Crippen molar-refractivity contribution in [3.63, 3.8) is 0 Å². The summed E-state index contributed by atoms with van der Waals surface area (Å²) in [5, 5.41) is 3.26. The number of nitrogens with two attached hydrogens (primary N) is 1. The quantitative estimate of drug-likeness (QED) is 0.547. The molecule has 0 amide bonds. The van der Waals surface area contributed by atoms with E-state index in [0.29, 0.717) is 5.69 Å². The van der Waals surface area contributed by atoms with Crippen molar-refractivity contribution in [2.45, 2.75) is 53.1 Å². The van der Waals surface area contributed by atoms with Crippen LogP contribution >= 0.6 is 0 Å². The summed E-state index contributed by atoms with van der Waals surface area (Å²) < 4.78 is 19.1. The van der Waals surface area contributed by atoms with Gasteiger partial charge in [-0.1, -0.05) is 26.7 Å². The lowest BCUT2D eigenvalue weighted by Gasteiger charge is -2.15. The molecule has 0 aliphatic rings. The number of hydrogen-bond donors (Lipinski definition) is 2. The Bertz CT molecular complexity index is 419. The molecule has 20 heavy (non-hydrogen) atoms. The zero-order valence-corrected chi connectivity index (χ0v) is 13.0. The predicted molar refractivity (Wildman–Crippen MR) is 83.8 cm³/mol. The van der Waals surface area contributed by atoms with Crippen molar-refractivity contribution in [2.24, 2.45) is 5.92 Å². The summed E-state index contributed by atoms with van der Waals surface area (Å²) in [4.78, 5) is 0. The number of nitrogen functional groups attached to an aromatic ring is 1. The standard InChI is InChI=1S/C16H27FN2O/c1-11(2)7-5-6-8-19-15-10-16(20-12(3)4)13(17)9-14(15)18/h9-12,19H,5-8,18H2,1-4H3. The summed E-state index contributed by atoms with van der Waals surface area (Å²) in [5.74, 6) is 0.567. The number of unbranched alkanes of at least 4 members (excludes halogenated alkanes) is 1. The molecule has 114 valence electrons. The van der Waals surface area contributed by atoms with Crippen LogP contribution in [-0.2, 0) is 0 Å². The zero-order chi connectivity index (χ0) is 15.1. The Balaban J connectivity index is 2.56. The van der Waals surface area contributed by atoms with E-state index in [1.54, 1.807) is 6.07 Å². The van der Waals surface area contributed by atoms with Gasteiger partial charge < -0.3 is 15.8 Å². The molecular formula is C16H27FN2O. The summed E-state index contributed by atoms with van der Waals surface area (Å²) in [6, 6.07) is 2.96. The van der Waals surface area contributed by atoms with Gasteiger partial charge in [-0.3, -0.25) is 0 Å². The van der Waals surface area contributed by atoms with Gasteiger partial charge in [0.15, 0.2) is 11.6 Å². The number of benzene rings is 1. The molecule has 0 saturated carbocycles. The van der Waals surface area contributed by atoms with Gasteiger partial charge in [-0.25, -0.2) is 4.39 Å². The SMILES string of the molecule is CC(C)CCCCNc1cc(OC(C)C)c(F)cc1N. The molecule has 0 saturated heterocycles. The molecule has 0 aliphatic heterocycles. The van der Waals surface area contributed by atoms with Crippen molar-refractivity contribution in [3.05, 3.63) is 17.9 Å². The molecule has 0 aromatic heterocycles. The lowest BCUT2D eigenvalue weighted by Crippen LogP contribution is -2.09. The monoisotopic (exact) mass is 282 g/mol. The molecule has 0 fully saturated rings. The minimum Gasteiger partial charge on any atom is -0.488 e. The molecule has 1 rings (SSSR count). The van der Waals surface area contributed by atoms with Crippen molar-refractivity contribution in [1.29, 1.82) is 0 Å². The Morgan fingerprint density at radius 2 is 1.90 bits per heavy atom. The van der Waals surface area contributed by atoms with Crippen molar-refractivity contribution < 1.29 is 9.13 Å². The van der Waals surface area contributed by atoms with Crippen LogP contribution in [0.25, 0.3) is 0 Å². The maximum atomic E-state index is 13.7. The third-order valence-electron chi connectivity index (χ3n) is 2.99. The highest BCUT2D eigenvalue weighted by Gasteiger charge is 2.10. The fraction of sp³-hybridized carbons (Fsp3) is 0.625. The Morgan fingerprint density at radius 3 is 2.50 bits per heavy atom. The third kappa shape index (κ3) is 5.68. The fourth-order valence-electron chi connectivity index (χ4n) is 1.97. The number of anilines is 2. The average Bonchev–Trinajstić information content (AvgIpc) is 2.33. The van der Waals surface area contributed by atoms with Crippen molar-refractivity contribution in [2.75, 3.05) is 17.6 Å². The lowest BCUT2D eigenvalue weighted by atomic mass is 10.1. The van der Waals surface area contributed by atoms with Gasteiger partial charge in [0.1, 0.15) is 0 Å². The Kier molecular flexibility index (Phi) is 6.62. The largest absolute Gasteiger partial charge is 0.488 e. The second-order valence-corrected chi connectivity index (χ2v) is 5.85. The molecule has 1 aromatic carbocycles. The average molecular weight is 282 g/mol. The summed E-state index contributed by atoms with van der Waals surface area (Å²) in [6.07, 6.45) is 3.42. The highest BCUT2D eigenvalue weighted by atomic mass is 19.1. The normalized spacial score (nSPS) is 11.2. The molecule has 0 aliphatic carbocycles. The van der Waals surface area contributed by atoms with Gasteiger partial charge in [-0.05, 0) is 26.2 Å². The van der Waals surface area contributed by atoms with Crippen molar-refractivity contribution in [3.8, 4) is 5.75 Å². The first-order chi connectivity index (χ1) is 9.40. The predicted octanol–water partition coefficient (Wildman–Crippen LogP) is 4.43. The number of nitrogens with one attached hydrogen (secondary N) is 1. The molecule has 0 bridgehead atoms. The molecule has 3 N–H and O–H groups in total. The summed E-state index contributed by atoms with van der Waals surface area (Å²) in [7, 11) is 0. The van der Waals surface area contributed by atoms with Crippen LogP contribution in [0.3, 0.4) is 0 Å². The Morgan fingerprint density at radius 1 is 1.20 bits per heavy atom. The van der Waals surface area contributed by atoms with Crippen LogP contribution in [0.15, 0.2) is 12.1 Å². The number of hydrogen-bond acceptors (Lipinski definition) is 3. The van der Waals surface area contributed by atoms with Crippen molar-refractivity contribution in [1.82, 2.24) is 0 Å². The zero-order valence-electron chi connectivity index (χ0n) is 13.0. The van der Waals surface area contributed by atoms with Gasteiger partial charge in [0.25, 0.3) is 0 Å². The topological polar surface area (TPSA) is 47.3 Å². The van der Waals surface area contributed by atoms with E-state index in [0.717, 1.165) is 24.6 Å². The smallest absolute Gasteiger partial charge is 0.167 e. The van der Waals surface area contributed by atoms with Gasteiger partial charge in [-0.2, -0.15) is 0 Å². The van der Waals surface area contributed by atoms with E-state index in [-0.39, 0.29) is 11.9 Å². The van der Waals surface area contributed by atoms with E-state index in [1.807, 2.05) is 13.8 Å². The molecule has 4 heteroatoms. The maximum absolute atomic E-state index is 13.7. The van der Waals surface area contributed by atoms with Gasteiger partial charge in [-0.15, -0.1) is 0 Å². The lowest BCUT2D eigenvalue weighted by molar-refractivity contribution is 0.231.